The number of benzene rings is 1. The van der Waals surface area contributed by atoms with Crippen LogP contribution in [0.2, 0.25) is 0 Å². The predicted molar refractivity (Wildman–Crippen MR) is 274 cm³/mol. The van der Waals surface area contributed by atoms with Gasteiger partial charge in [-0.1, -0.05) is 58.0 Å². The molecule has 20 heteroatoms. The lowest BCUT2D eigenvalue weighted by atomic mass is 9.96. The van der Waals surface area contributed by atoms with Crippen LogP contribution in [0.3, 0.4) is 0 Å². The van der Waals surface area contributed by atoms with Crippen LogP contribution < -0.4 is 16.0 Å². The van der Waals surface area contributed by atoms with E-state index in [1.807, 2.05) is 40.7 Å². The average molecular weight is 1010 g/mol. The Kier molecular flexibility index (Phi) is 25.3. The number of carbonyl (C=O) groups is 9. The molecule has 0 bridgehead atoms. The van der Waals surface area contributed by atoms with Crippen LogP contribution in [0.4, 0.5) is 0 Å². The van der Waals surface area contributed by atoms with Gasteiger partial charge in [0.15, 0.2) is 0 Å². The van der Waals surface area contributed by atoms with Gasteiger partial charge in [-0.3, -0.25) is 43.2 Å². The number of piperidine rings is 1. The summed E-state index contributed by atoms with van der Waals surface area (Å²) in [7, 11) is 7.35. The second-order valence-electron chi connectivity index (χ2n) is 21.0. The molecule has 0 radical (unpaired) electrons. The number of aliphatic hydroxyl groups is 1. The topological polar surface area (TPSA) is 239 Å². The van der Waals surface area contributed by atoms with Crippen LogP contribution in [-0.4, -0.2) is 204 Å². The highest BCUT2D eigenvalue weighted by atomic mass is 16.5. The molecule has 9 amide bonds. The first kappa shape index (κ1) is 62.5. The molecule has 0 unspecified atom stereocenters. The second kappa shape index (κ2) is 29.2. The van der Waals surface area contributed by atoms with Crippen LogP contribution in [0.25, 0.3) is 0 Å². The molecule has 1 aliphatic rings. The molecular formula is C52H87N9O11. The average Bonchev–Trinajstić information content (AvgIpc) is 3.34. The maximum Gasteiger partial charge on any atom is 0.248 e. The summed E-state index contributed by atoms with van der Waals surface area (Å²) in [4.78, 5) is 133. The zero-order valence-corrected chi connectivity index (χ0v) is 45.7. The summed E-state index contributed by atoms with van der Waals surface area (Å²) < 4.78 is 6.03. The number of likely N-dealkylation sites (N-methyl/N-ethyl adjacent to an activating group) is 4. The fourth-order valence-electron chi connectivity index (χ4n) is 8.35. The van der Waals surface area contributed by atoms with Gasteiger partial charge in [0.05, 0.1) is 24.7 Å². The van der Waals surface area contributed by atoms with E-state index in [9.17, 15) is 38.7 Å². The van der Waals surface area contributed by atoms with Crippen molar-refractivity contribution in [3.05, 3.63) is 35.9 Å². The van der Waals surface area contributed by atoms with E-state index in [-0.39, 0.29) is 62.4 Å². The summed E-state index contributed by atoms with van der Waals surface area (Å²) in [6, 6.07) is 0.400. The van der Waals surface area contributed by atoms with Crippen molar-refractivity contribution in [2.45, 2.75) is 168 Å². The van der Waals surface area contributed by atoms with Gasteiger partial charge in [-0.15, -0.1) is 0 Å². The molecule has 20 nitrogen and oxygen atoms in total. The van der Waals surface area contributed by atoms with Gasteiger partial charge in [0.1, 0.15) is 42.3 Å². The molecule has 1 saturated heterocycles. The Bertz CT molecular complexity index is 1970. The third kappa shape index (κ3) is 18.8. The molecule has 1 aromatic rings. The Morgan fingerprint density at radius 2 is 1.21 bits per heavy atom. The molecule has 72 heavy (non-hydrogen) atoms. The van der Waals surface area contributed by atoms with E-state index in [0.29, 0.717) is 25.2 Å². The fourth-order valence-corrected chi connectivity index (χ4v) is 8.35. The van der Waals surface area contributed by atoms with Gasteiger partial charge in [0.25, 0.3) is 0 Å². The summed E-state index contributed by atoms with van der Waals surface area (Å²) in [5, 5.41) is 18.0. The molecule has 0 aliphatic carbocycles. The molecule has 2 rings (SSSR count). The predicted octanol–water partition coefficient (Wildman–Crippen LogP) is 1.81. The number of likely N-dealkylation sites (tertiary alicyclic amines) is 1. The highest BCUT2D eigenvalue weighted by Crippen LogP contribution is 2.22. The van der Waals surface area contributed by atoms with Gasteiger partial charge < -0.3 is 55.2 Å². The molecule has 1 fully saturated rings. The number of aliphatic hydroxyl groups excluding tert-OH is 1. The summed E-state index contributed by atoms with van der Waals surface area (Å²) >= 11 is 0. The lowest BCUT2D eigenvalue weighted by Crippen LogP contribution is -2.62. The highest BCUT2D eigenvalue weighted by molar-refractivity contribution is 5.98. The summed E-state index contributed by atoms with van der Waals surface area (Å²) in [6.07, 6.45) is 1.68. The minimum absolute atomic E-state index is 0.000336. The van der Waals surface area contributed by atoms with Crippen molar-refractivity contribution in [1.29, 1.82) is 0 Å². The van der Waals surface area contributed by atoms with E-state index in [1.165, 1.54) is 61.6 Å². The Morgan fingerprint density at radius 1 is 0.694 bits per heavy atom. The van der Waals surface area contributed by atoms with Gasteiger partial charge >= 0.3 is 0 Å². The van der Waals surface area contributed by atoms with Crippen LogP contribution in [0.5, 0.6) is 0 Å². The van der Waals surface area contributed by atoms with Crippen molar-refractivity contribution >= 4 is 53.7 Å². The van der Waals surface area contributed by atoms with Crippen molar-refractivity contribution in [2.75, 3.05) is 61.5 Å². The van der Waals surface area contributed by atoms with Gasteiger partial charge in [-0.2, -0.15) is 0 Å². The van der Waals surface area contributed by atoms with E-state index in [4.69, 9.17) is 4.74 Å². The van der Waals surface area contributed by atoms with Crippen molar-refractivity contribution < 1.29 is 53.0 Å². The maximum atomic E-state index is 15.2. The minimum atomic E-state index is -1.39. The number of hydrogen-bond donors (Lipinski definition) is 4. The number of amides is 9. The Hall–Kier alpha value is -5.63. The van der Waals surface area contributed by atoms with Gasteiger partial charge in [0.2, 0.25) is 53.7 Å². The normalized spacial score (nSPS) is 16.2. The number of carbonyl (C=O) groups excluding carboxylic acids is 9. The number of hydrogen-bond acceptors (Lipinski definition) is 11. The van der Waals surface area contributed by atoms with E-state index >= 15 is 9.59 Å². The summed E-state index contributed by atoms with van der Waals surface area (Å²) in [5.41, 5.74) is -0.0890. The van der Waals surface area contributed by atoms with Crippen molar-refractivity contribution in [3.8, 4) is 0 Å². The number of ether oxygens (including phenoxy) is 1. The van der Waals surface area contributed by atoms with Crippen molar-refractivity contribution in [3.63, 3.8) is 0 Å². The zero-order valence-electron chi connectivity index (χ0n) is 45.7. The first-order valence-corrected chi connectivity index (χ1v) is 25.3. The molecule has 8 atom stereocenters. The van der Waals surface area contributed by atoms with E-state index < -0.39 is 89.4 Å². The van der Waals surface area contributed by atoms with Gasteiger partial charge in [-0.05, 0) is 91.0 Å². The summed E-state index contributed by atoms with van der Waals surface area (Å²) in [6.45, 7) is 18.5. The molecule has 406 valence electrons. The molecule has 1 aromatic carbocycles. The lowest BCUT2D eigenvalue weighted by molar-refractivity contribution is -0.154. The molecule has 4 N–H and O–H groups in total. The zero-order chi connectivity index (χ0) is 54.8. The lowest BCUT2D eigenvalue weighted by Gasteiger charge is -2.39. The van der Waals surface area contributed by atoms with E-state index in [1.54, 1.807) is 57.0 Å². The van der Waals surface area contributed by atoms with Crippen molar-refractivity contribution in [1.82, 2.24) is 45.3 Å². The van der Waals surface area contributed by atoms with Crippen LogP contribution >= 0.6 is 0 Å². The third-order valence-corrected chi connectivity index (χ3v) is 13.1. The maximum absolute atomic E-state index is 15.2. The molecule has 0 spiro atoms. The monoisotopic (exact) mass is 1010 g/mol. The Morgan fingerprint density at radius 3 is 1.72 bits per heavy atom. The minimum Gasteiger partial charge on any atom is -0.391 e. The number of rotatable bonds is 27. The van der Waals surface area contributed by atoms with Gasteiger partial charge in [-0.25, -0.2) is 0 Å². The van der Waals surface area contributed by atoms with Crippen LogP contribution in [0.1, 0.15) is 113 Å². The van der Waals surface area contributed by atoms with Crippen molar-refractivity contribution in [2.24, 2.45) is 11.8 Å². The Labute approximate surface area is 428 Å². The van der Waals surface area contributed by atoms with Gasteiger partial charge in [0, 0.05) is 61.3 Å². The fraction of sp³-hybridized carbons (Fsp3) is 0.712. The highest BCUT2D eigenvalue weighted by Gasteiger charge is 2.42. The smallest absolute Gasteiger partial charge is 0.248 e. The van der Waals surface area contributed by atoms with Crippen LogP contribution in [0, 0.1) is 11.8 Å². The molecular weight excluding hydrogens is 927 g/mol. The first-order valence-electron chi connectivity index (χ1n) is 25.3. The second-order valence-corrected chi connectivity index (χ2v) is 21.0. The Balaban J connectivity index is 2.62. The SMILES string of the molecule is CCN(C)C(=O)C[C@H](NC(=O)[C@H](CC(C)C)N(C)C(=O)[C@H](CC(C)C)N(C)C(=O)[C@H](Cc1ccccc1)N(C)C(=O)[C@H](COC(C)(C)C)NC(=O)[C@H](C)N(C)C(=O)[C@@H](NC=O)[C@@H](C)O)C(=O)N1CCCCC1. The first-order chi connectivity index (χ1) is 33.6. The number of nitrogens with zero attached hydrogens (tertiary/aromatic N) is 6. The van der Waals surface area contributed by atoms with E-state index in [2.05, 4.69) is 16.0 Å². The van der Waals surface area contributed by atoms with E-state index in [0.717, 1.165) is 24.2 Å². The molecule has 0 saturated carbocycles. The third-order valence-electron chi connectivity index (χ3n) is 13.1. The standard InChI is InChI=1S/C52H87N9O11/c1-16-56(11)43(64)30-38(48(68)61-25-21-18-22-26-61)54-46(66)40(27-33(2)3)58(13)49(69)41(28-34(4)5)60(15)50(70)42(29-37-23-19-17-20-24-37)59(14)47(67)39(31-72-52(8,9)10)55-45(65)35(6)57(12)51(71)44(36(7)63)53-32-62/h17,19-20,23-24,32-36,38-42,44,63H,16,18,21-22,25-31H2,1-15H3,(H,53,62)(H,54,66)(H,55,65)/t35-,36+,38-,39-,40-,41-,42-,44-/m0/s1. The molecule has 1 aliphatic heterocycles. The largest absolute Gasteiger partial charge is 0.391 e. The summed E-state index contributed by atoms with van der Waals surface area (Å²) in [5.74, 6) is -4.90. The number of nitrogens with one attached hydrogen (secondary N) is 3. The quantitative estimate of drug-likeness (QED) is 0.0928. The van der Waals surface area contributed by atoms with Crippen LogP contribution in [0.15, 0.2) is 30.3 Å². The molecule has 1 heterocycles. The van der Waals surface area contributed by atoms with Crippen LogP contribution in [-0.2, 0) is 54.3 Å². The molecule has 0 aromatic heterocycles.